The average molecular weight is 420 g/mol. The highest BCUT2D eigenvalue weighted by molar-refractivity contribution is 5.84. The second-order valence-electron chi connectivity index (χ2n) is 7.04. The first kappa shape index (κ1) is 21.9. The van der Waals surface area contributed by atoms with Crippen molar-refractivity contribution in [2.75, 3.05) is 13.7 Å². The van der Waals surface area contributed by atoms with Gasteiger partial charge in [-0.25, -0.2) is 0 Å². The molecule has 0 amide bonds. The van der Waals surface area contributed by atoms with E-state index in [0.717, 1.165) is 0 Å². The van der Waals surface area contributed by atoms with Gasteiger partial charge in [-0.1, -0.05) is 12.6 Å². The van der Waals surface area contributed by atoms with Crippen molar-refractivity contribution in [1.29, 1.82) is 0 Å². The number of ether oxygens (including phenoxy) is 2. The maximum absolute atomic E-state index is 10.7. The quantitative estimate of drug-likeness (QED) is 0.339. The first-order chi connectivity index (χ1) is 14.2. The van der Waals surface area contributed by atoms with Gasteiger partial charge in [0.25, 0.3) is 0 Å². The molecule has 2 aromatic rings. The van der Waals surface area contributed by atoms with Gasteiger partial charge >= 0.3 is 0 Å². The van der Waals surface area contributed by atoms with Crippen molar-refractivity contribution in [3.8, 4) is 23.0 Å². The lowest BCUT2D eigenvalue weighted by molar-refractivity contribution is -0.231. The zero-order valence-corrected chi connectivity index (χ0v) is 16.1. The van der Waals surface area contributed by atoms with E-state index in [1.807, 2.05) is 0 Å². The van der Waals surface area contributed by atoms with Crippen LogP contribution in [0.5, 0.6) is 23.0 Å². The van der Waals surface area contributed by atoms with E-state index in [1.165, 1.54) is 37.4 Å². The molecule has 9 nitrogen and oxygen atoms in total. The van der Waals surface area contributed by atoms with E-state index in [1.54, 1.807) is 0 Å². The number of hydrogen-bond donors (Lipinski definition) is 7. The number of hydrogen-bond acceptors (Lipinski definition) is 9. The minimum absolute atomic E-state index is 0.130. The van der Waals surface area contributed by atoms with Crippen LogP contribution < -0.4 is 4.74 Å². The van der Waals surface area contributed by atoms with Crippen molar-refractivity contribution in [2.45, 2.75) is 30.5 Å². The van der Waals surface area contributed by atoms with E-state index in [2.05, 4.69) is 6.58 Å². The summed E-state index contributed by atoms with van der Waals surface area (Å²) in [4.78, 5) is 0. The number of aromatic hydroxyl groups is 3. The van der Waals surface area contributed by atoms with Crippen LogP contribution in [0.15, 0.2) is 36.9 Å². The minimum Gasteiger partial charge on any atom is -0.507 e. The number of methoxy groups -OCH3 is 1. The molecule has 7 N–H and O–H groups in total. The Morgan fingerprint density at radius 2 is 1.67 bits per heavy atom. The molecule has 0 saturated carbocycles. The zero-order valence-electron chi connectivity index (χ0n) is 16.1. The molecular formula is C21H24O9. The molecule has 0 unspecified atom stereocenters. The van der Waals surface area contributed by atoms with Crippen molar-refractivity contribution in [3.05, 3.63) is 53.6 Å². The molecule has 0 bridgehead atoms. The molecule has 2 aromatic carbocycles. The topological polar surface area (TPSA) is 160 Å². The number of phenols is 3. The first-order valence-corrected chi connectivity index (χ1v) is 9.12. The van der Waals surface area contributed by atoms with Crippen molar-refractivity contribution < 1.29 is 45.2 Å². The molecule has 162 valence electrons. The molecule has 30 heavy (non-hydrogen) atoms. The van der Waals surface area contributed by atoms with Crippen LogP contribution >= 0.6 is 0 Å². The Hall–Kier alpha value is -2.82. The van der Waals surface area contributed by atoms with Crippen molar-refractivity contribution >= 4 is 5.57 Å². The average Bonchev–Trinajstić information content (AvgIpc) is 2.73. The zero-order chi connectivity index (χ0) is 22.2. The molecule has 0 aromatic heterocycles. The predicted octanol–water partition coefficient (Wildman–Crippen LogP) is 0.388. The van der Waals surface area contributed by atoms with Crippen molar-refractivity contribution in [3.63, 3.8) is 0 Å². The largest absolute Gasteiger partial charge is 0.507 e. The molecule has 1 saturated heterocycles. The summed E-state index contributed by atoms with van der Waals surface area (Å²) in [6.45, 7) is 3.33. The third-order valence-electron chi connectivity index (χ3n) is 5.18. The normalized spacial score (nSPS) is 26.4. The van der Waals surface area contributed by atoms with Gasteiger partial charge in [0, 0.05) is 11.6 Å². The molecule has 9 heteroatoms. The highest BCUT2D eigenvalue weighted by Crippen LogP contribution is 2.43. The van der Waals surface area contributed by atoms with E-state index < -0.39 is 42.9 Å². The van der Waals surface area contributed by atoms with Crippen LogP contribution in [-0.4, -0.2) is 73.9 Å². The standard InChI is InChI=1S/C21H24O9/c1-9(10-3-4-13(23)14(24)5-10)17-12(6-11(29-2)7-15(17)25)21-20(28)19(27)18(26)16(8-22)30-21/h3-7,16,18-28H,1,8H2,2H3/t16-,18-,19+,20-,21+/m1/s1. The van der Waals surface area contributed by atoms with Gasteiger partial charge in [-0.3, -0.25) is 0 Å². The minimum atomic E-state index is -1.62. The van der Waals surface area contributed by atoms with Crippen molar-refractivity contribution in [2.24, 2.45) is 0 Å². The van der Waals surface area contributed by atoms with Gasteiger partial charge in [0.15, 0.2) is 11.5 Å². The molecule has 1 heterocycles. The highest BCUT2D eigenvalue weighted by Gasteiger charge is 2.45. The molecule has 0 radical (unpaired) electrons. The molecule has 5 atom stereocenters. The lowest BCUT2D eigenvalue weighted by Gasteiger charge is -2.41. The van der Waals surface area contributed by atoms with E-state index in [9.17, 15) is 35.7 Å². The highest BCUT2D eigenvalue weighted by atomic mass is 16.5. The molecule has 3 rings (SSSR count). The van der Waals surface area contributed by atoms with Gasteiger partial charge in [-0.2, -0.15) is 0 Å². The Kier molecular flexibility index (Phi) is 6.20. The Morgan fingerprint density at radius 1 is 0.967 bits per heavy atom. The fraction of sp³-hybridized carbons (Fsp3) is 0.333. The van der Waals surface area contributed by atoms with Gasteiger partial charge in [0.2, 0.25) is 0 Å². The number of aliphatic hydroxyl groups is 4. The maximum atomic E-state index is 10.7. The summed E-state index contributed by atoms with van der Waals surface area (Å²) in [6.07, 6.45) is -7.15. The Balaban J connectivity index is 2.15. The smallest absolute Gasteiger partial charge is 0.158 e. The van der Waals surface area contributed by atoms with Crippen LogP contribution in [0.3, 0.4) is 0 Å². The van der Waals surface area contributed by atoms with Gasteiger partial charge in [-0.15, -0.1) is 0 Å². The Labute approximate surface area is 172 Å². The van der Waals surface area contributed by atoms with Crippen LogP contribution in [0.25, 0.3) is 5.57 Å². The number of rotatable bonds is 5. The number of phenolic OH excluding ortho intramolecular Hbond substituents is 3. The van der Waals surface area contributed by atoms with Crippen LogP contribution in [0, 0.1) is 0 Å². The predicted molar refractivity (Wildman–Crippen MR) is 105 cm³/mol. The lowest BCUT2D eigenvalue weighted by Crippen LogP contribution is -2.55. The van der Waals surface area contributed by atoms with Crippen LogP contribution in [-0.2, 0) is 4.74 Å². The first-order valence-electron chi connectivity index (χ1n) is 9.12. The molecular weight excluding hydrogens is 396 g/mol. The summed E-state index contributed by atoms with van der Waals surface area (Å²) in [5, 5.41) is 70.3. The molecule has 0 spiro atoms. The summed E-state index contributed by atoms with van der Waals surface area (Å²) in [5.41, 5.74) is 0.889. The summed E-state index contributed by atoms with van der Waals surface area (Å²) in [5.74, 6) is -0.779. The van der Waals surface area contributed by atoms with E-state index in [0.29, 0.717) is 5.56 Å². The van der Waals surface area contributed by atoms with Gasteiger partial charge in [0.1, 0.15) is 42.0 Å². The monoisotopic (exact) mass is 420 g/mol. The molecule has 1 aliphatic heterocycles. The van der Waals surface area contributed by atoms with Crippen LogP contribution in [0.1, 0.15) is 22.8 Å². The molecule has 0 aliphatic carbocycles. The second kappa shape index (κ2) is 8.50. The fourth-order valence-electron chi connectivity index (χ4n) is 3.51. The van der Waals surface area contributed by atoms with Gasteiger partial charge < -0.3 is 45.2 Å². The lowest BCUT2D eigenvalue weighted by atomic mass is 9.85. The maximum Gasteiger partial charge on any atom is 0.158 e. The third kappa shape index (κ3) is 3.81. The van der Waals surface area contributed by atoms with Crippen LogP contribution in [0.2, 0.25) is 0 Å². The van der Waals surface area contributed by atoms with Crippen LogP contribution in [0.4, 0.5) is 0 Å². The Bertz CT molecular complexity index is 940. The van der Waals surface area contributed by atoms with E-state index >= 15 is 0 Å². The molecule has 1 aliphatic rings. The van der Waals surface area contributed by atoms with Gasteiger partial charge in [0.05, 0.1) is 13.7 Å². The third-order valence-corrected chi connectivity index (χ3v) is 5.18. The van der Waals surface area contributed by atoms with E-state index in [-0.39, 0.29) is 33.9 Å². The van der Waals surface area contributed by atoms with Crippen molar-refractivity contribution in [1.82, 2.24) is 0 Å². The fourth-order valence-corrected chi connectivity index (χ4v) is 3.51. The van der Waals surface area contributed by atoms with E-state index in [4.69, 9.17) is 9.47 Å². The summed E-state index contributed by atoms with van der Waals surface area (Å²) in [7, 11) is 1.37. The summed E-state index contributed by atoms with van der Waals surface area (Å²) >= 11 is 0. The summed E-state index contributed by atoms with van der Waals surface area (Å²) in [6, 6.07) is 6.75. The van der Waals surface area contributed by atoms with Gasteiger partial charge in [-0.05, 0) is 34.9 Å². The Morgan fingerprint density at radius 3 is 2.27 bits per heavy atom. The number of aliphatic hydroxyl groups excluding tert-OH is 4. The number of benzene rings is 2. The second-order valence-corrected chi connectivity index (χ2v) is 7.04. The molecule has 1 fully saturated rings. The SMILES string of the molecule is C=C(c1ccc(O)c(O)c1)c1c(O)cc(OC)cc1[C@@H]1O[C@H](CO)[C@@H](O)[C@H](O)[C@H]1O. The summed E-state index contributed by atoms with van der Waals surface area (Å²) < 4.78 is 10.8.